The molecule has 10 heteroatoms. The van der Waals surface area contributed by atoms with Crippen LogP contribution in [0.4, 0.5) is 5.69 Å². The Labute approximate surface area is 199 Å². The molecule has 3 unspecified atom stereocenters. The van der Waals surface area contributed by atoms with Crippen molar-refractivity contribution in [2.75, 3.05) is 18.1 Å². The summed E-state index contributed by atoms with van der Waals surface area (Å²) in [7, 11) is -3.48. The summed E-state index contributed by atoms with van der Waals surface area (Å²) < 4.78 is 25.7. The van der Waals surface area contributed by atoms with E-state index in [-0.39, 0.29) is 23.8 Å². The highest BCUT2D eigenvalue weighted by atomic mass is 32.2. The van der Waals surface area contributed by atoms with Crippen LogP contribution < -0.4 is 0 Å². The van der Waals surface area contributed by atoms with Gasteiger partial charge in [0.2, 0.25) is 0 Å². The van der Waals surface area contributed by atoms with Gasteiger partial charge in [0.05, 0.1) is 28.6 Å². The van der Waals surface area contributed by atoms with E-state index in [1.807, 2.05) is 49.1 Å². The van der Waals surface area contributed by atoms with Gasteiger partial charge in [0.25, 0.3) is 5.69 Å². The Bertz CT molecular complexity index is 1140. The third kappa shape index (κ3) is 6.40. The molecule has 2 N–H and O–H groups in total. The molecular formula is C24H30N2O7S. The molecule has 1 heterocycles. The summed E-state index contributed by atoms with van der Waals surface area (Å²) in [6.45, 7) is 5.15. The summed E-state index contributed by atoms with van der Waals surface area (Å²) in [5.74, 6) is -2.26. The first-order valence-corrected chi connectivity index (χ1v) is 13.0. The number of sulfone groups is 1. The van der Waals surface area contributed by atoms with Crippen molar-refractivity contribution in [3.05, 3.63) is 75.3 Å². The van der Waals surface area contributed by atoms with Gasteiger partial charge in [0.1, 0.15) is 5.56 Å². The molecule has 1 aliphatic heterocycles. The van der Waals surface area contributed by atoms with Gasteiger partial charge in [-0.1, -0.05) is 50.2 Å². The van der Waals surface area contributed by atoms with Gasteiger partial charge in [-0.3, -0.25) is 15.0 Å². The number of carboxylic acid groups (broad SMARTS) is 1. The molecule has 0 radical (unpaired) electrons. The lowest BCUT2D eigenvalue weighted by Gasteiger charge is -2.42. The van der Waals surface area contributed by atoms with Crippen LogP contribution in [-0.2, 0) is 22.8 Å². The van der Waals surface area contributed by atoms with Crippen LogP contribution in [0.5, 0.6) is 0 Å². The fraction of sp³-hybridized carbons (Fsp3) is 0.458. The molecule has 2 aromatic carbocycles. The summed E-state index contributed by atoms with van der Waals surface area (Å²) in [6.07, 6.45) is -0.870. The number of hydrogen-bond acceptors (Lipinski definition) is 7. The molecule has 184 valence electrons. The van der Waals surface area contributed by atoms with Gasteiger partial charge < -0.3 is 10.2 Å². The van der Waals surface area contributed by atoms with E-state index in [1.54, 1.807) is 0 Å². The van der Waals surface area contributed by atoms with Gasteiger partial charge >= 0.3 is 5.97 Å². The van der Waals surface area contributed by atoms with Crippen LogP contribution in [0.15, 0.2) is 48.5 Å². The molecule has 3 rings (SSSR count). The predicted molar refractivity (Wildman–Crippen MR) is 127 cm³/mol. The molecule has 0 aromatic heterocycles. The lowest BCUT2D eigenvalue weighted by molar-refractivity contribution is -0.385. The quantitative estimate of drug-likeness (QED) is 0.404. The van der Waals surface area contributed by atoms with E-state index in [9.17, 15) is 33.5 Å². The Morgan fingerprint density at radius 1 is 1.15 bits per heavy atom. The van der Waals surface area contributed by atoms with Crippen molar-refractivity contribution < 1.29 is 28.3 Å². The Morgan fingerprint density at radius 2 is 1.82 bits per heavy atom. The normalized spacial score (nSPS) is 22.1. The number of carbonyl (C=O) groups is 1. The zero-order chi connectivity index (χ0) is 25.0. The van der Waals surface area contributed by atoms with E-state index in [0.717, 1.165) is 11.6 Å². The maximum absolute atomic E-state index is 12.8. The monoisotopic (exact) mass is 490 g/mol. The van der Waals surface area contributed by atoms with E-state index in [0.29, 0.717) is 18.7 Å². The number of aliphatic hydroxyl groups excluding tert-OH is 1. The predicted octanol–water partition coefficient (Wildman–Crippen LogP) is 2.77. The highest BCUT2D eigenvalue weighted by Gasteiger charge is 2.42. The first-order chi connectivity index (χ1) is 16.0. The number of nitrogens with zero attached hydrogens (tertiary/aromatic N) is 2. The van der Waals surface area contributed by atoms with Crippen molar-refractivity contribution in [2.24, 2.45) is 11.8 Å². The van der Waals surface area contributed by atoms with Crippen LogP contribution in [0.1, 0.15) is 35.3 Å². The molecule has 0 saturated carbocycles. The first kappa shape index (κ1) is 25.8. The number of rotatable bonds is 9. The lowest BCUT2D eigenvalue weighted by Crippen LogP contribution is -2.56. The average molecular weight is 491 g/mol. The van der Waals surface area contributed by atoms with Gasteiger partial charge in [0.15, 0.2) is 9.84 Å². The Morgan fingerprint density at radius 3 is 2.41 bits per heavy atom. The SMILES string of the molecule is CC(C)CN(Cc1ccccc1)C1CS(=O)(=O)CC(Cc2ccc([N+](=O)[O-])c(C(=O)O)c2)C1O. The highest BCUT2D eigenvalue weighted by Crippen LogP contribution is 2.30. The third-order valence-corrected chi connectivity index (χ3v) is 7.84. The zero-order valence-electron chi connectivity index (χ0n) is 19.2. The molecule has 1 fully saturated rings. The smallest absolute Gasteiger partial charge is 0.342 e. The molecule has 0 amide bonds. The van der Waals surface area contributed by atoms with Crippen molar-refractivity contribution in [3.8, 4) is 0 Å². The third-order valence-electron chi connectivity index (χ3n) is 6.05. The number of aromatic carboxylic acids is 1. The topological polar surface area (TPSA) is 138 Å². The standard InChI is InChI=1S/C24H30N2O7S/c1-16(2)12-25(13-17-6-4-3-5-7-17)22-15-34(32,33)14-19(23(22)27)10-18-8-9-21(26(30)31)20(11-18)24(28)29/h3-9,11,16,19,22-23,27H,10,12-15H2,1-2H3,(H,28,29). The number of nitro groups is 1. The second-order valence-corrected chi connectivity index (χ2v) is 11.5. The van der Waals surface area contributed by atoms with Gasteiger partial charge in [-0.25, -0.2) is 13.2 Å². The van der Waals surface area contributed by atoms with Gasteiger partial charge in [-0.05, 0) is 29.5 Å². The Hall–Kier alpha value is -2.82. The van der Waals surface area contributed by atoms with E-state index < -0.39 is 50.0 Å². The summed E-state index contributed by atoms with van der Waals surface area (Å²) in [5.41, 5.74) is 0.451. The molecule has 34 heavy (non-hydrogen) atoms. The first-order valence-electron chi connectivity index (χ1n) is 11.1. The minimum absolute atomic E-state index is 0.0933. The summed E-state index contributed by atoms with van der Waals surface area (Å²) in [6, 6.07) is 12.7. The van der Waals surface area contributed by atoms with Gasteiger partial charge in [0, 0.05) is 25.1 Å². The maximum Gasteiger partial charge on any atom is 0.342 e. The Balaban J connectivity index is 1.90. The van der Waals surface area contributed by atoms with E-state index in [1.165, 1.54) is 12.1 Å². The molecule has 1 aliphatic rings. The molecule has 1 saturated heterocycles. The van der Waals surface area contributed by atoms with Crippen LogP contribution in [0.3, 0.4) is 0 Å². The van der Waals surface area contributed by atoms with E-state index in [4.69, 9.17) is 0 Å². The second kappa shape index (κ2) is 10.6. The van der Waals surface area contributed by atoms with Gasteiger partial charge in [-0.15, -0.1) is 0 Å². The summed E-state index contributed by atoms with van der Waals surface area (Å²) >= 11 is 0. The molecule has 0 bridgehead atoms. The fourth-order valence-corrected chi connectivity index (χ4v) is 6.65. The summed E-state index contributed by atoms with van der Waals surface area (Å²) in [5, 5.41) is 31.8. The van der Waals surface area contributed by atoms with Crippen LogP contribution in [-0.4, -0.2) is 64.6 Å². The average Bonchev–Trinajstić information content (AvgIpc) is 2.75. The molecule has 0 aliphatic carbocycles. The van der Waals surface area contributed by atoms with Crippen molar-refractivity contribution >= 4 is 21.5 Å². The molecule has 9 nitrogen and oxygen atoms in total. The van der Waals surface area contributed by atoms with Crippen LogP contribution in [0, 0.1) is 22.0 Å². The molecule has 2 aromatic rings. The van der Waals surface area contributed by atoms with Crippen molar-refractivity contribution in [3.63, 3.8) is 0 Å². The highest BCUT2D eigenvalue weighted by molar-refractivity contribution is 7.91. The van der Waals surface area contributed by atoms with Crippen molar-refractivity contribution in [2.45, 2.75) is 39.0 Å². The number of aliphatic hydroxyl groups is 1. The van der Waals surface area contributed by atoms with E-state index in [2.05, 4.69) is 0 Å². The second-order valence-electron chi connectivity index (χ2n) is 9.32. The Kier molecular flexibility index (Phi) is 8.06. The fourth-order valence-electron chi connectivity index (χ4n) is 4.61. The van der Waals surface area contributed by atoms with Crippen molar-refractivity contribution in [1.82, 2.24) is 4.90 Å². The number of nitro benzene ring substituents is 1. The van der Waals surface area contributed by atoms with Crippen LogP contribution in [0.25, 0.3) is 0 Å². The number of benzene rings is 2. The minimum Gasteiger partial charge on any atom is -0.477 e. The summed E-state index contributed by atoms with van der Waals surface area (Å²) in [4.78, 5) is 23.9. The largest absolute Gasteiger partial charge is 0.477 e. The van der Waals surface area contributed by atoms with Crippen LogP contribution >= 0.6 is 0 Å². The zero-order valence-corrected chi connectivity index (χ0v) is 20.0. The molecule has 3 atom stereocenters. The molecule has 0 spiro atoms. The molecular weight excluding hydrogens is 460 g/mol. The van der Waals surface area contributed by atoms with E-state index >= 15 is 0 Å². The van der Waals surface area contributed by atoms with Crippen LogP contribution in [0.2, 0.25) is 0 Å². The lowest BCUT2D eigenvalue weighted by atomic mass is 9.89. The minimum atomic E-state index is -3.48. The van der Waals surface area contributed by atoms with Gasteiger partial charge in [-0.2, -0.15) is 0 Å². The van der Waals surface area contributed by atoms with Crippen molar-refractivity contribution in [1.29, 1.82) is 0 Å². The number of hydrogen-bond donors (Lipinski definition) is 2. The maximum atomic E-state index is 12.8. The number of carboxylic acids is 1.